The highest BCUT2D eigenvalue weighted by molar-refractivity contribution is 7.89. The molecule has 1 aromatic heterocycles. The predicted octanol–water partition coefficient (Wildman–Crippen LogP) is 1.43. The fourth-order valence-electron chi connectivity index (χ4n) is 1.87. The molecule has 1 heterocycles. The maximum absolute atomic E-state index is 12.4. The number of furan rings is 1. The van der Waals surface area contributed by atoms with Gasteiger partial charge < -0.3 is 9.52 Å². The van der Waals surface area contributed by atoms with E-state index in [0.29, 0.717) is 11.1 Å². The van der Waals surface area contributed by atoms with Crippen molar-refractivity contribution in [3.05, 3.63) is 54.0 Å². The number of nitriles is 1. The summed E-state index contributed by atoms with van der Waals surface area (Å²) in [6.07, 6.45) is 2.23. The summed E-state index contributed by atoms with van der Waals surface area (Å²) in [7, 11) is -3.99. The van der Waals surface area contributed by atoms with Crippen LogP contribution in [0.1, 0.15) is 11.1 Å². The molecule has 2 aromatic rings. The molecule has 1 aromatic carbocycles. The number of benzene rings is 1. The van der Waals surface area contributed by atoms with Crippen molar-refractivity contribution in [3.63, 3.8) is 0 Å². The molecule has 0 aliphatic rings. The number of nitrogens with zero attached hydrogens (tertiary/aromatic N) is 2. The zero-order valence-electron chi connectivity index (χ0n) is 11.3. The first-order valence-corrected chi connectivity index (χ1v) is 7.60. The fraction of sp³-hybridized carbons (Fsp3) is 0.143. The van der Waals surface area contributed by atoms with Gasteiger partial charge in [-0.25, -0.2) is 8.42 Å². The molecule has 0 saturated carbocycles. The zero-order valence-corrected chi connectivity index (χ0v) is 12.2. The van der Waals surface area contributed by atoms with Crippen molar-refractivity contribution < 1.29 is 22.7 Å². The molecular formula is C14H12N2O5S. The number of sulfonamides is 1. The highest BCUT2D eigenvalue weighted by Gasteiger charge is 2.27. The minimum atomic E-state index is -3.99. The summed E-state index contributed by atoms with van der Waals surface area (Å²) in [4.78, 5) is 10.8. The first-order valence-electron chi connectivity index (χ1n) is 6.16. The molecule has 2 rings (SSSR count). The maximum Gasteiger partial charge on any atom is 0.318 e. The van der Waals surface area contributed by atoms with Crippen LogP contribution in [0, 0.1) is 11.3 Å². The summed E-state index contributed by atoms with van der Waals surface area (Å²) >= 11 is 0. The van der Waals surface area contributed by atoms with Crippen molar-refractivity contribution in [2.75, 3.05) is 6.54 Å². The van der Waals surface area contributed by atoms with Gasteiger partial charge in [0.1, 0.15) is 17.7 Å². The van der Waals surface area contributed by atoms with Crippen molar-refractivity contribution in [1.82, 2.24) is 4.31 Å². The average molecular weight is 320 g/mol. The van der Waals surface area contributed by atoms with Crippen LogP contribution in [-0.2, 0) is 21.4 Å². The van der Waals surface area contributed by atoms with Gasteiger partial charge in [0.2, 0.25) is 10.0 Å². The molecule has 0 atom stereocenters. The zero-order chi connectivity index (χ0) is 16.2. The number of rotatable bonds is 6. The van der Waals surface area contributed by atoms with Gasteiger partial charge in [-0.15, -0.1) is 0 Å². The normalized spacial score (nSPS) is 11.3. The van der Waals surface area contributed by atoms with E-state index in [9.17, 15) is 13.2 Å². The van der Waals surface area contributed by atoms with Gasteiger partial charge >= 0.3 is 5.97 Å². The van der Waals surface area contributed by atoms with Gasteiger partial charge in [0.15, 0.2) is 0 Å². The minimum Gasteiger partial charge on any atom is -0.480 e. The van der Waals surface area contributed by atoms with Crippen molar-refractivity contribution in [2.24, 2.45) is 0 Å². The van der Waals surface area contributed by atoms with Crippen LogP contribution in [0.4, 0.5) is 0 Å². The third kappa shape index (κ3) is 3.52. The van der Waals surface area contributed by atoms with E-state index in [1.165, 1.54) is 18.4 Å². The molecule has 114 valence electrons. The summed E-state index contributed by atoms with van der Waals surface area (Å²) in [5, 5.41) is 17.8. The van der Waals surface area contributed by atoms with E-state index in [4.69, 9.17) is 14.8 Å². The van der Waals surface area contributed by atoms with Gasteiger partial charge in [-0.2, -0.15) is 9.57 Å². The van der Waals surface area contributed by atoms with Crippen LogP contribution in [0.15, 0.2) is 52.2 Å². The molecule has 0 fully saturated rings. The summed E-state index contributed by atoms with van der Waals surface area (Å²) in [6, 6.07) is 9.52. The molecular weight excluding hydrogens is 308 g/mol. The molecule has 7 nitrogen and oxygen atoms in total. The Balaban J connectivity index is 2.35. The lowest BCUT2D eigenvalue weighted by molar-refractivity contribution is -0.137. The lowest BCUT2D eigenvalue weighted by atomic mass is 10.1. The van der Waals surface area contributed by atoms with Gasteiger partial charge in [-0.05, 0) is 23.8 Å². The van der Waals surface area contributed by atoms with Crippen molar-refractivity contribution in [3.8, 4) is 6.07 Å². The van der Waals surface area contributed by atoms with E-state index >= 15 is 0 Å². The molecule has 8 heteroatoms. The number of carboxylic acid groups (broad SMARTS) is 1. The van der Waals surface area contributed by atoms with Crippen LogP contribution in [-0.4, -0.2) is 30.3 Å². The number of carboxylic acids is 1. The smallest absolute Gasteiger partial charge is 0.318 e. The molecule has 1 N–H and O–H groups in total. The van der Waals surface area contributed by atoms with Crippen LogP contribution in [0.2, 0.25) is 0 Å². The molecule has 22 heavy (non-hydrogen) atoms. The van der Waals surface area contributed by atoms with Crippen molar-refractivity contribution in [2.45, 2.75) is 11.4 Å². The summed E-state index contributed by atoms with van der Waals surface area (Å²) in [5.41, 5.74) is 0.890. The molecule has 0 saturated heterocycles. The highest BCUT2D eigenvalue weighted by atomic mass is 32.2. The second-order valence-electron chi connectivity index (χ2n) is 4.44. The number of hydrogen-bond acceptors (Lipinski definition) is 5. The Morgan fingerprint density at radius 2 is 2.14 bits per heavy atom. The van der Waals surface area contributed by atoms with E-state index in [1.54, 1.807) is 18.2 Å². The maximum atomic E-state index is 12.4. The van der Waals surface area contributed by atoms with E-state index in [2.05, 4.69) is 0 Å². The van der Waals surface area contributed by atoms with Gasteiger partial charge in [0.25, 0.3) is 0 Å². The molecule has 0 unspecified atom stereocenters. The van der Waals surface area contributed by atoms with Crippen molar-refractivity contribution in [1.29, 1.82) is 5.26 Å². The van der Waals surface area contributed by atoms with Crippen LogP contribution in [0.25, 0.3) is 0 Å². The molecule has 0 amide bonds. The third-order valence-corrected chi connectivity index (χ3v) is 4.63. The quantitative estimate of drug-likeness (QED) is 0.861. The lowest BCUT2D eigenvalue weighted by Crippen LogP contribution is -2.35. The van der Waals surface area contributed by atoms with Crippen LogP contribution in [0.5, 0.6) is 0 Å². The van der Waals surface area contributed by atoms with E-state index in [-0.39, 0.29) is 11.4 Å². The Hall–Kier alpha value is -2.63. The predicted molar refractivity (Wildman–Crippen MR) is 75.1 cm³/mol. The van der Waals surface area contributed by atoms with Crippen LogP contribution in [0.3, 0.4) is 0 Å². The minimum absolute atomic E-state index is 0.120. The molecule has 0 spiro atoms. The Morgan fingerprint density at radius 3 is 2.73 bits per heavy atom. The van der Waals surface area contributed by atoms with Gasteiger partial charge in [0.05, 0.1) is 17.9 Å². The highest BCUT2D eigenvalue weighted by Crippen LogP contribution is 2.19. The van der Waals surface area contributed by atoms with E-state index < -0.39 is 22.5 Å². The second kappa shape index (κ2) is 6.43. The van der Waals surface area contributed by atoms with Gasteiger partial charge in [0, 0.05) is 6.54 Å². The van der Waals surface area contributed by atoms with Crippen LogP contribution < -0.4 is 0 Å². The number of hydrogen-bond donors (Lipinski definition) is 1. The van der Waals surface area contributed by atoms with Gasteiger partial charge in [-0.3, -0.25) is 4.79 Å². The monoisotopic (exact) mass is 320 g/mol. The third-order valence-electron chi connectivity index (χ3n) is 2.86. The SMILES string of the molecule is N#Cc1cccc(CN(CC(=O)O)S(=O)(=O)c2ccoc2)c1. The van der Waals surface area contributed by atoms with Crippen molar-refractivity contribution >= 4 is 16.0 Å². The Bertz CT molecular complexity index is 806. The second-order valence-corrected chi connectivity index (χ2v) is 6.38. The average Bonchev–Trinajstić information content (AvgIpc) is 3.01. The number of aliphatic carboxylic acids is 1. The number of carbonyl (C=O) groups is 1. The van der Waals surface area contributed by atoms with Crippen LogP contribution >= 0.6 is 0 Å². The Kier molecular flexibility index (Phi) is 4.60. The first-order chi connectivity index (χ1) is 10.4. The van der Waals surface area contributed by atoms with E-state index in [1.807, 2.05) is 6.07 Å². The lowest BCUT2D eigenvalue weighted by Gasteiger charge is -2.19. The molecule has 0 bridgehead atoms. The molecule has 0 radical (unpaired) electrons. The summed E-state index contributed by atoms with van der Waals surface area (Å²) in [5.74, 6) is -1.27. The Labute approximate surface area is 127 Å². The van der Waals surface area contributed by atoms with E-state index in [0.717, 1.165) is 10.6 Å². The standard InChI is InChI=1S/C14H12N2O5S/c15-7-11-2-1-3-12(6-11)8-16(9-14(17)18)22(19,20)13-4-5-21-10-13/h1-6,10H,8-9H2,(H,17,18). The topological polar surface area (TPSA) is 112 Å². The fourth-order valence-corrected chi connectivity index (χ4v) is 3.17. The Morgan fingerprint density at radius 1 is 1.36 bits per heavy atom. The van der Waals surface area contributed by atoms with Gasteiger partial charge in [-0.1, -0.05) is 12.1 Å². The largest absolute Gasteiger partial charge is 0.480 e. The summed E-state index contributed by atoms with van der Waals surface area (Å²) < 4.78 is 30.4. The molecule has 0 aliphatic heterocycles. The molecule has 0 aliphatic carbocycles. The summed E-state index contributed by atoms with van der Waals surface area (Å²) in [6.45, 7) is -0.848. The first kappa shape index (κ1) is 15.8.